The molecular weight excluding hydrogens is 615 g/mol. The molecule has 3 aromatic rings. The van der Waals surface area contributed by atoms with Crippen LogP contribution in [-0.2, 0) is 16.2 Å². The standard InChI is InChI=1S/C26H19Br2FN2O4S/c1-15-2-4-16(5-3-15)14-35-24-20(27)10-17(11-21(24)28)12-22-25(33)31(26(34)36-22)13-23(32)30-19-8-6-18(29)7-9-19/h2-12H,13-14H2,1H3,(H,30,32)/b22-12-. The van der Waals surface area contributed by atoms with Gasteiger partial charge in [0, 0.05) is 5.69 Å². The molecule has 4 rings (SSSR count). The van der Waals surface area contributed by atoms with Crippen molar-refractivity contribution in [2.24, 2.45) is 0 Å². The third kappa shape index (κ3) is 6.43. The fourth-order valence-electron chi connectivity index (χ4n) is 3.31. The Hall–Kier alpha value is -2.95. The lowest BCUT2D eigenvalue weighted by Gasteiger charge is -2.13. The lowest BCUT2D eigenvalue weighted by atomic mass is 10.1. The van der Waals surface area contributed by atoms with Crippen LogP contribution in [0.3, 0.4) is 0 Å². The molecule has 0 bridgehead atoms. The van der Waals surface area contributed by atoms with Crippen LogP contribution in [-0.4, -0.2) is 28.5 Å². The van der Waals surface area contributed by atoms with Crippen molar-refractivity contribution in [1.29, 1.82) is 0 Å². The fraction of sp³-hybridized carbons (Fsp3) is 0.115. The highest BCUT2D eigenvalue weighted by Gasteiger charge is 2.36. The van der Waals surface area contributed by atoms with Crippen LogP contribution in [0.4, 0.5) is 14.9 Å². The zero-order valence-corrected chi connectivity index (χ0v) is 22.9. The van der Waals surface area contributed by atoms with Gasteiger partial charge in [0.05, 0.1) is 13.9 Å². The van der Waals surface area contributed by atoms with Gasteiger partial charge >= 0.3 is 0 Å². The van der Waals surface area contributed by atoms with E-state index in [1.807, 2.05) is 31.2 Å². The van der Waals surface area contributed by atoms with Crippen LogP contribution in [0.2, 0.25) is 0 Å². The van der Waals surface area contributed by atoms with Gasteiger partial charge in [0.15, 0.2) is 0 Å². The molecule has 0 aromatic heterocycles. The Kier molecular flexibility index (Phi) is 8.28. The Balaban J connectivity index is 1.43. The molecule has 3 amide bonds. The Morgan fingerprint density at radius 1 is 1.06 bits per heavy atom. The molecule has 1 heterocycles. The molecule has 184 valence electrons. The highest BCUT2D eigenvalue weighted by atomic mass is 79.9. The third-order valence-electron chi connectivity index (χ3n) is 5.13. The summed E-state index contributed by atoms with van der Waals surface area (Å²) in [6.45, 7) is 1.96. The van der Waals surface area contributed by atoms with E-state index >= 15 is 0 Å². The zero-order valence-electron chi connectivity index (χ0n) is 18.9. The number of hydrogen-bond donors (Lipinski definition) is 1. The highest BCUT2D eigenvalue weighted by molar-refractivity contribution is 9.11. The number of carbonyl (C=O) groups excluding carboxylic acids is 3. The summed E-state index contributed by atoms with van der Waals surface area (Å²) >= 11 is 7.78. The predicted molar refractivity (Wildman–Crippen MR) is 145 cm³/mol. The second-order valence-electron chi connectivity index (χ2n) is 7.91. The number of hydrogen-bond acceptors (Lipinski definition) is 5. The van der Waals surface area contributed by atoms with Crippen molar-refractivity contribution < 1.29 is 23.5 Å². The summed E-state index contributed by atoms with van der Waals surface area (Å²) in [7, 11) is 0. The smallest absolute Gasteiger partial charge is 0.294 e. The van der Waals surface area contributed by atoms with Gasteiger partial charge < -0.3 is 10.1 Å². The molecule has 1 fully saturated rings. The van der Waals surface area contributed by atoms with Gasteiger partial charge in [-0.1, -0.05) is 29.8 Å². The van der Waals surface area contributed by atoms with Crippen LogP contribution in [0, 0.1) is 12.7 Å². The van der Waals surface area contributed by atoms with E-state index in [2.05, 4.69) is 37.2 Å². The predicted octanol–water partition coefficient (Wildman–Crippen LogP) is 6.91. The monoisotopic (exact) mass is 632 g/mol. The first-order valence-corrected chi connectivity index (χ1v) is 13.1. The number of nitrogens with zero attached hydrogens (tertiary/aromatic N) is 1. The first-order chi connectivity index (χ1) is 17.2. The summed E-state index contributed by atoms with van der Waals surface area (Å²) in [5.74, 6) is -0.955. The van der Waals surface area contributed by atoms with Crippen molar-refractivity contribution >= 4 is 72.4 Å². The maximum atomic E-state index is 13.0. The van der Waals surface area contributed by atoms with Crippen molar-refractivity contribution in [2.75, 3.05) is 11.9 Å². The van der Waals surface area contributed by atoms with Crippen molar-refractivity contribution in [3.05, 3.63) is 97.0 Å². The minimum atomic E-state index is -0.564. The quantitative estimate of drug-likeness (QED) is 0.286. The number of amides is 3. The SMILES string of the molecule is Cc1ccc(COc2c(Br)cc(/C=C3\SC(=O)N(CC(=O)Nc4ccc(F)cc4)C3=O)cc2Br)cc1. The van der Waals surface area contributed by atoms with Crippen LogP contribution >= 0.6 is 43.6 Å². The summed E-state index contributed by atoms with van der Waals surface area (Å²) in [5.41, 5.74) is 3.23. The zero-order chi connectivity index (χ0) is 25.8. The second-order valence-corrected chi connectivity index (χ2v) is 10.6. The summed E-state index contributed by atoms with van der Waals surface area (Å²) in [5, 5.41) is 2.00. The summed E-state index contributed by atoms with van der Waals surface area (Å²) in [6.07, 6.45) is 1.59. The first kappa shape index (κ1) is 26.1. The molecule has 0 aliphatic carbocycles. The van der Waals surface area contributed by atoms with Crippen molar-refractivity contribution in [3.8, 4) is 5.75 Å². The van der Waals surface area contributed by atoms with Crippen LogP contribution in [0.25, 0.3) is 6.08 Å². The van der Waals surface area contributed by atoms with Gasteiger partial charge in [-0.2, -0.15) is 0 Å². The summed E-state index contributed by atoms with van der Waals surface area (Å²) in [6, 6.07) is 16.8. The molecule has 10 heteroatoms. The van der Waals surface area contributed by atoms with E-state index in [0.717, 1.165) is 22.2 Å². The molecule has 1 aliphatic rings. The number of rotatable bonds is 7. The molecule has 36 heavy (non-hydrogen) atoms. The fourth-order valence-corrected chi connectivity index (χ4v) is 5.59. The molecule has 0 radical (unpaired) electrons. The van der Waals surface area contributed by atoms with E-state index in [1.54, 1.807) is 18.2 Å². The van der Waals surface area contributed by atoms with Gasteiger partial charge in [0.2, 0.25) is 5.91 Å². The summed E-state index contributed by atoms with van der Waals surface area (Å²) < 4.78 is 20.3. The molecule has 0 spiro atoms. The van der Waals surface area contributed by atoms with Crippen LogP contribution in [0.5, 0.6) is 5.75 Å². The first-order valence-electron chi connectivity index (χ1n) is 10.7. The lowest BCUT2D eigenvalue weighted by molar-refractivity contribution is -0.127. The molecule has 1 N–H and O–H groups in total. The largest absolute Gasteiger partial charge is 0.487 e. The van der Waals surface area contributed by atoms with Crippen LogP contribution in [0.1, 0.15) is 16.7 Å². The van der Waals surface area contributed by atoms with Gasteiger partial charge in [-0.3, -0.25) is 19.3 Å². The number of thioether (sulfide) groups is 1. The molecule has 0 atom stereocenters. The molecule has 1 saturated heterocycles. The number of anilines is 1. The minimum Gasteiger partial charge on any atom is -0.487 e. The Morgan fingerprint density at radius 2 is 1.69 bits per heavy atom. The second kappa shape index (κ2) is 11.4. The van der Waals surface area contributed by atoms with Gasteiger partial charge in [-0.15, -0.1) is 0 Å². The topological polar surface area (TPSA) is 75.7 Å². The van der Waals surface area contributed by atoms with Crippen molar-refractivity contribution in [3.63, 3.8) is 0 Å². The lowest BCUT2D eigenvalue weighted by Crippen LogP contribution is -2.36. The average Bonchev–Trinajstić information content (AvgIpc) is 3.08. The highest BCUT2D eigenvalue weighted by Crippen LogP contribution is 2.38. The van der Waals surface area contributed by atoms with Gasteiger partial charge in [0.1, 0.15) is 24.7 Å². The number of imide groups is 1. The Labute approximate surface area is 228 Å². The number of carbonyl (C=O) groups is 3. The maximum absolute atomic E-state index is 13.0. The van der Waals surface area contributed by atoms with Gasteiger partial charge in [0.25, 0.3) is 11.1 Å². The van der Waals surface area contributed by atoms with E-state index in [1.165, 1.54) is 29.8 Å². The maximum Gasteiger partial charge on any atom is 0.294 e. The Morgan fingerprint density at radius 3 is 2.33 bits per heavy atom. The number of benzene rings is 3. The summed E-state index contributed by atoms with van der Waals surface area (Å²) in [4.78, 5) is 38.6. The van der Waals surface area contributed by atoms with Crippen molar-refractivity contribution in [2.45, 2.75) is 13.5 Å². The normalized spacial score (nSPS) is 14.4. The Bertz CT molecular complexity index is 1340. The van der Waals surface area contributed by atoms with E-state index in [0.29, 0.717) is 32.6 Å². The molecule has 6 nitrogen and oxygen atoms in total. The van der Waals surface area contributed by atoms with E-state index in [4.69, 9.17) is 4.74 Å². The number of aryl methyl sites for hydroxylation is 1. The molecule has 0 saturated carbocycles. The van der Waals surface area contributed by atoms with Crippen LogP contribution in [0.15, 0.2) is 74.5 Å². The van der Waals surface area contributed by atoms with Gasteiger partial charge in [-0.05, 0) is 104 Å². The molecule has 1 aliphatic heterocycles. The number of halogens is 3. The average molecular weight is 634 g/mol. The van der Waals surface area contributed by atoms with E-state index in [9.17, 15) is 18.8 Å². The molecule has 3 aromatic carbocycles. The number of ether oxygens (including phenoxy) is 1. The van der Waals surface area contributed by atoms with Crippen molar-refractivity contribution in [1.82, 2.24) is 4.90 Å². The number of nitrogens with one attached hydrogen (secondary N) is 1. The van der Waals surface area contributed by atoms with Crippen LogP contribution < -0.4 is 10.1 Å². The van der Waals surface area contributed by atoms with E-state index in [-0.39, 0.29) is 4.91 Å². The molecule has 0 unspecified atom stereocenters. The molecular formula is C26H19Br2FN2O4S. The minimum absolute atomic E-state index is 0.196. The van der Waals surface area contributed by atoms with Gasteiger partial charge in [-0.25, -0.2) is 4.39 Å². The third-order valence-corrected chi connectivity index (χ3v) is 7.21. The van der Waals surface area contributed by atoms with E-state index < -0.39 is 29.4 Å².